The van der Waals surface area contributed by atoms with E-state index in [0.29, 0.717) is 0 Å². The summed E-state index contributed by atoms with van der Waals surface area (Å²) in [6.45, 7) is 6.03. The summed E-state index contributed by atoms with van der Waals surface area (Å²) in [4.78, 5) is 8.78. The molecular weight excluding hydrogens is 290 g/mol. The van der Waals surface area contributed by atoms with Crippen molar-refractivity contribution in [2.24, 2.45) is 0 Å². The van der Waals surface area contributed by atoms with E-state index in [1.165, 1.54) is 5.56 Å². The number of hydrogen-bond donors (Lipinski definition) is 1. The van der Waals surface area contributed by atoms with E-state index in [0.717, 1.165) is 21.7 Å². The molecule has 4 heteroatoms. The molecule has 1 aromatic carbocycles. The Morgan fingerprint density at radius 3 is 2.50 bits per heavy atom. The van der Waals surface area contributed by atoms with E-state index in [2.05, 4.69) is 50.3 Å². The Balaban J connectivity index is 2.18. The highest BCUT2D eigenvalue weighted by atomic mass is 79.9. The molecule has 1 heterocycles. The van der Waals surface area contributed by atoms with Gasteiger partial charge in [-0.2, -0.15) is 0 Å². The van der Waals surface area contributed by atoms with Crippen molar-refractivity contribution < 1.29 is 0 Å². The third-order valence-corrected chi connectivity index (χ3v) is 3.33. The van der Waals surface area contributed by atoms with Crippen molar-refractivity contribution in [3.05, 3.63) is 51.9 Å². The van der Waals surface area contributed by atoms with Gasteiger partial charge in [0.2, 0.25) is 0 Å². The number of nitrogens with one attached hydrogen (secondary N) is 1. The summed E-state index contributed by atoms with van der Waals surface area (Å²) in [5.74, 6) is 0.852. The topological polar surface area (TPSA) is 37.8 Å². The predicted octanol–water partition coefficient (Wildman–Crippen LogP) is 4.03. The molecule has 1 N–H and O–H groups in total. The normalized spacial score (nSPS) is 12.2. The van der Waals surface area contributed by atoms with Crippen molar-refractivity contribution in [1.29, 1.82) is 0 Å². The zero-order chi connectivity index (χ0) is 13.1. The minimum absolute atomic E-state index is 0.202. The van der Waals surface area contributed by atoms with E-state index in [1.54, 1.807) is 6.20 Å². The SMILES string of the molecule is Cc1cnc(C)c(NC(C)c2ccc(Br)cc2)n1. The molecule has 0 saturated heterocycles. The Morgan fingerprint density at radius 2 is 1.83 bits per heavy atom. The number of halogens is 1. The zero-order valence-electron chi connectivity index (χ0n) is 10.7. The molecular formula is C14H16BrN3. The highest BCUT2D eigenvalue weighted by Crippen LogP contribution is 2.21. The summed E-state index contributed by atoms with van der Waals surface area (Å²) in [6.07, 6.45) is 1.78. The Labute approximate surface area is 116 Å². The minimum Gasteiger partial charge on any atom is -0.362 e. The number of nitrogens with zero attached hydrogens (tertiary/aromatic N) is 2. The molecule has 2 rings (SSSR count). The second-order valence-electron chi connectivity index (χ2n) is 4.36. The monoisotopic (exact) mass is 305 g/mol. The van der Waals surface area contributed by atoms with Crippen molar-refractivity contribution in [3.8, 4) is 0 Å². The Bertz CT molecular complexity index is 537. The van der Waals surface area contributed by atoms with Crippen molar-refractivity contribution >= 4 is 21.7 Å². The molecule has 3 nitrogen and oxygen atoms in total. The van der Waals surface area contributed by atoms with Crippen molar-refractivity contribution in [2.75, 3.05) is 5.32 Å². The van der Waals surface area contributed by atoms with E-state index in [-0.39, 0.29) is 6.04 Å². The van der Waals surface area contributed by atoms with Gasteiger partial charge in [-0.05, 0) is 38.5 Å². The Morgan fingerprint density at radius 1 is 1.17 bits per heavy atom. The van der Waals surface area contributed by atoms with Crippen LogP contribution in [0, 0.1) is 13.8 Å². The van der Waals surface area contributed by atoms with Crippen LogP contribution < -0.4 is 5.32 Å². The van der Waals surface area contributed by atoms with Crippen molar-refractivity contribution in [3.63, 3.8) is 0 Å². The summed E-state index contributed by atoms with van der Waals surface area (Å²) >= 11 is 3.44. The fraction of sp³-hybridized carbons (Fsp3) is 0.286. The minimum atomic E-state index is 0.202. The molecule has 0 bridgehead atoms. The van der Waals surface area contributed by atoms with Gasteiger partial charge in [0.15, 0.2) is 0 Å². The summed E-state index contributed by atoms with van der Waals surface area (Å²) in [5, 5.41) is 3.40. The van der Waals surface area contributed by atoms with Gasteiger partial charge in [0.1, 0.15) is 5.82 Å². The number of rotatable bonds is 3. The smallest absolute Gasteiger partial charge is 0.148 e. The lowest BCUT2D eigenvalue weighted by Gasteiger charge is -2.16. The van der Waals surface area contributed by atoms with Crippen LogP contribution in [0.1, 0.15) is 29.9 Å². The molecule has 0 aliphatic carbocycles. The third-order valence-electron chi connectivity index (χ3n) is 2.80. The highest BCUT2D eigenvalue weighted by molar-refractivity contribution is 9.10. The molecule has 0 aliphatic heterocycles. The van der Waals surface area contributed by atoms with E-state index < -0.39 is 0 Å². The lowest BCUT2D eigenvalue weighted by molar-refractivity contribution is 0.861. The maximum Gasteiger partial charge on any atom is 0.148 e. The summed E-state index contributed by atoms with van der Waals surface area (Å²) in [5.41, 5.74) is 3.07. The van der Waals surface area contributed by atoms with Gasteiger partial charge >= 0.3 is 0 Å². The number of benzene rings is 1. The van der Waals surface area contributed by atoms with Gasteiger partial charge in [-0.3, -0.25) is 4.98 Å². The molecule has 0 spiro atoms. The first-order chi connectivity index (χ1) is 8.56. The quantitative estimate of drug-likeness (QED) is 0.930. The van der Waals surface area contributed by atoms with Crippen LogP contribution >= 0.6 is 15.9 Å². The first-order valence-electron chi connectivity index (χ1n) is 5.88. The third kappa shape index (κ3) is 3.07. The van der Waals surface area contributed by atoms with Gasteiger partial charge in [-0.15, -0.1) is 0 Å². The number of aryl methyl sites for hydroxylation is 2. The van der Waals surface area contributed by atoms with E-state index >= 15 is 0 Å². The molecule has 0 fully saturated rings. The first-order valence-corrected chi connectivity index (χ1v) is 6.68. The van der Waals surface area contributed by atoms with Crippen LogP contribution in [0.15, 0.2) is 34.9 Å². The van der Waals surface area contributed by atoms with Gasteiger partial charge in [0.05, 0.1) is 17.4 Å². The van der Waals surface area contributed by atoms with Crippen LogP contribution in [0.25, 0.3) is 0 Å². The molecule has 18 heavy (non-hydrogen) atoms. The molecule has 94 valence electrons. The number of hydrogen-bond acceptors (Lipinski definition) is 3. The van der Waals surface area contributed by atoms with Gasteiger partial charge in [-0.25, -0.2) is 4.98 Å². The second kappa shape index (κ2) is 5.48. The molecule has 1 aromatic heterocycles. The largest absolute Gasteiger partial charge is 0.362 e. The second-order valence-corrected chi connectivity index (χ2v) is 5.28. The standard InChI is InChI=1S/C14H16BrN3/c1-9-8-16-11(3)14(17-9)18-10(2)12-4-6-13(15)7-5-12/h4-8,10H,1-3H3,(H,17,18). The summed E-state index contributed by atoms with van der Waals surface area (Å²) in [7, 11) is 0. The summed E-state index contributed by atoms with van der Waals surface area (Å²) < 4.78 is 1.09. The van der Waals surface area contributed by atoms with Gasteiger partial charge < -0.3 is 5.32 Å². The van der Waals surface area contributed by atoms with Gasteiger partial charge in [0, 0.05) is 10.7 Å². The fourth-order valence-corrected chi connectivity index (χ4v) is 1.98. The van der Waals surface area contributed by atoms with Crippen LogP contribution in [0.5, 0.6) is 0 Å². The maximum absolute atomic E-state index is 4.47. The molecule has 1 atom stereocenters. The zero-order valence-corrected chi connectivity index (χ0v) is 12.3. The Kier molecular flexibility index (Phi) is 3.97. The summed E-state index contributed by atoms with van der Waals surface area (Å²) in [6, 6.07) is 8.48. The molecule has 1 unspecified atom stereocenters. The highest BCUT2D eigenvalue weighted by Gasteiger charge is 2.08. The molecule has 0 radical (unpaired) electrons. The lowest BCUT2D eigenvalue weighted by Crippen LogP contribution is -2.10. The molecule has 2 aromatic rings. The first kappa shape index (κ1) is 13.0. The van der Waals surface area contributed by atoms with Crippen LogP contribution in [0.2, 0.25) is 0 Å². The van der Waals surface area contributed by atoms with E-state index in [4.69, 9.17) is 0 Å². The average molecular weight is 306 g/mol. The van der Waals surface area contributed by atoms with Crippen LogP contribution in [-0.4, -0.2) is 9.97 Å². The predicted molar refractivity (Wildman–Crippen MR) is 77.7 cm³/mol. The van der Waals surface area contributed by atoms with Crippen molar-refractivity contribution in [2.45, 2.75) is 26.8 Å². The van der Waals surface area contributed by atoms with Crippen LogP contribution in [0.4, 0.5) is 5.82 Å². The fourth-order valence-electron chi connectivity index (χ4n) is 1.71. The van der Waals surface area contributed by atoms with Crippen LogP contribution in [0.3, 0.4) is 0 Å². The van der Waals surface area contributed by atoms with E-state index in [9.17, 15) is 0 Å². The average Bonchev–Trinajstić information content (AvgIpc) is 2.34. The lowest BCUT2D eigenvalue weighted by atomic mass is 10.1. The van der Waals surface area contributed by atoms with Gasteiger partial charge in [0.25, 0.3) is 0 Å². The maximum atomic E-state index is 4.47. The van der Waals surface area contributed by atoms with Gasteiger partial charge in [-0.1, -0.05) is 28.1 Å². The van der Waals surface area contributed by atoms with Crippen molar-refractivity contribution in [1.82, 2.24) is 9.97 Å². The number of aromatic nitrogens is 2. The molecule has 0 amide bonds. The molecule has 0 saturated carbocycles. The number of anilines is 1. The Hall–Kier alpha value is -1.42. The van der Waals surface area contributed by atoms with Crippen LogP contribution in [-0.2, 0) is 0 Å². The van der Waals surface area contributed by atoms with E-state index in [1.807, 2.05) is 26.0 Å². The molecule has 0 aliphatic rings.